The van der Waals surface area contributed by atoms with Crippen molar-refractivity contribution in [2.24, 2.45) is 0 Å². The van der Waals surface area contributed by atoms with E-state index in [9.17, 15) is 14.4 Å². The summed E-state index contributed by atoms with van der Waals surface area (Å²) in [6.45, 7) is 4.04. The van der Waals surface area contributed by atoms with E-state index >= 15 is 0 Å². The SMILES string of the molecule is C=CCNC1=C2CCCCCC/C=C/[CH]C/C=C/C=C/C(=O)NC(=CC1=O)C2=O. The van der Waals surface area contributed by atoms with Gasteiger partial charge in [-0.15, -0.1) is 6.58 Å². The average molecular weight is 394 g/mol. The van der Waals surface area contributed by atoms with Gasteiger partial charge >= 0.3 is 0 Å². The first kappa shape index (κ1) is 22.3. The maximum absolute atomic E-state index is 12.9. The van der Waals surface area contributed by atoms with E-state index in [4.69, 9.17) is 0 Å². The molecule has 153 valence electrons. The molecule has 1 aliphatic carbocycles. The van der Waals surface area contributed by atoms with Crippen LogP contribution < -0.4 is 10.6 Å². The minimum atomic E-state index is -0.439. The number of amides is 1. The minimum absolute atomic E-state index is 0.0308. The van der Waals surface area contributed by atoms with Gasteiger partial charge in [0, 0.05) is 24.3 Å². The number of Topliss-reactive ketones (excluding diaryl/α,β-unsaturated/α-hetero) is 1. The van der Waals surface area contributed by atoms with Crippen molar-refractivity contribution in [1.29, 1.82) is 0 Å². The molecule has 1 heterocycles. The second kappa shape index (κ2) is 12.5. The zero-order chi connectivity index (χ0) is 20.9. The third-order valence-corrected chi connectivity index (χ3v) is 4.61. The number of rotatable bonds is 3. The van der Waals surface area contributed by atoms with Crippen LogP contribution in [0.2, 0.25) is 0 Å². The van der Waals surface area contributed by atoms with Crippen molar-refractivity contribution in [3.8, 4) is 0 Å². The predicted octanol–water partition coefficient (Wildman–Crippen LogP) is 3.79. The Balaban J connectivity index is 2.19. The molecule has 1 radical (unpaired) electrons. The lowest BCUT2D eigenvalue weighted by atomic mass is 9.92. The highest BCUT2D eigenvalue weighted by molar-refractivity contribution is 6.23. The summed E-state index contributed by atoms with van der Waals surface area (Å²) in [4.78, 5) is 37.6. The van der Waals surface area contributed by atoms with Crippen molar-refractivity contribution in [2.75, 3.05) is 6.54 Å². The molecule has 2 aliphatic rings. The molecule has 0 spiro atoms. The van der Waals surface area contributed by atoms with E-state index < -0.39 is 5.91 Å². The number of hydrogen-bond donors (Lipinski definition) is 2. The van der Waals surface area contributed by atoms with Gasteiger partial charge in [-0.3, -0.25) is 14.4 Å². The molecule has 5 nitrogen and oxygen atoms in total. The lowest BCUT2D eigenvalue weighted by molar-refractivity contribution is -0.119. The maximum atomic E-state index is 12.9. The Morgan fingerprint density at radius 1 is 1.03 bits per heavy atom. The van der Waals surface area contributed by atoms with Gasteiger partial charge in [-0.05, 0) is 38.5 Å². The highest BCUT2D eigenvalue weighted by Gasteiger charge is 2.28. The Bertz CT molecular complexity index is 782. The molecule has 0 aromatic heterocycles. The topological polar surface area (TPSA) is 75.3 Å². The van der Waals surface area contributed by atoms with Crippen LogP contribution in [0.25, 0.3) is 0 Å². The van der Waals surface area contributed by atoms with Crippen molar-refractivity contribution in [3.05, 3.63) is 78.6 Å². The lowest BCUT2D eigenvalue weighted by Gasteiger charge is -2.20. The maximum Gasteiger partial charge on any atom is 0.248 e. The van der Waals surface area contributed by atoms with Crippen LogP contribution in [0.3, 0.4) is 0 Å². The van der Waals surface area contributed by atoms with Crippen LogP contribution >= 0.6 is 0 Å². The van der Waals surface area contributed by atoms with Gasteiger partial charge in [-0.1, -0.05) is 49.3 Å². The van der Waals surface area contributed by atoms with Crippen LogP contribution in [-0.4, -0.2) is 24.0 Å². The molecular weight excluding hydrogens is 364 g/mol. The smallest absolute Gasteiger partial charge is 0.248 e. The first-order valence-electron chi connectivity index (χ1n) is 10.1. The predicted molar refractivity (Wildman–Crippen MR) is 116 cm³/mol. The fourth-order valence-corrected chi connectivity index (χ4v) is 3.13. The number of ketones is 2. The van der Waals surface area contributed by atoms with Crippen LogP contribution in [0, 0.1) is 6.42 Å². The van der Waals surface area contributed by atoms with Crippen molar-refractivity contribution < 1.29 is 14.4 Å². The molecule has 0 atom stereocenters. The van der Waals surface area contributed by atoms with E-state index in [2.05, 4.69) is 35.8 Å². The van der Waals surface area contributed by atoms with Crippen molar-refractivity contribution >= 4 is 17.5 Å². The van der Waals surface area contributed by atoms with Gasteiger partial charge in [0.2, 0.25) is 17.5 Å². The van der Waals surface area contributed by atoms with Gasteiger partial charge in [-0.25, -0.2) is 0 Å². The van der Waals surface area contributed by atoms with Crippen molar-refractivity contribution in [2.45, 2.75) is 44.9 Å². The van der Waals surface area contributed by atoms with Gasteiger partial charge in [0.25, 0.3) is 0 Å². The van der Waals surface area contributed by atoms with Crippen LogP contribution in [-0.2, 0) is 14.4 Å². The van der Waals surface area contributed by atoms with Gasteiger partial charge in [0.15, 0.2) is 0 Å². The Kier molecular flexibility index (Phi) is 9.63. The van der Waals surface area contributed by atoms with E-state index in [0.29, 0.717) is 24.2 Å². The van der Waals surface area contributed by atoms with Crippen LogP contribution in [0.5, 0.6) is 0 Å². The van der Waals surface area contributed by atoms with E-state index in [1.54, 1.807) is 18.2 Å². The quantitative estimate of drug-likeness (QED) is 0.565. The second-order valence-electron chi connectivity index (χ2n) is 6.90. The van der Waals surface area contributed by atoms with Crippen molar-refractivity contribution in [3.63, 3.8) is 0 Å². The number of fused-ring (bicyclic) bond motifs is 2. The molecule has 2 bridgehead atoms. The Labute approximate surface area is 173 Å². The molecule has 29 heavy (non-hydrogen) atoms. The molecule has 2 rings (SSSR count). The Hall–Kier alpha value is -2.95. The monoisotopic (exact) mass is 393 g/mol. The molecular formula is C24H29N2O3. The molecule has 1 amide bonds. The standard InChI is InChI=1S/C24H29N2O3/c1-2-17-25-23-19-15-13-11-9-7-5-3-4-6-8-10-12-14-16-22(28)26-20(24(19)29)18-21(23)27/h2-4,6,10,12,14,16,18,25H,1,5,7-9,11,13,15,17H2,(H,26,28)/b4-3+,12-10+,16-14+. The fourth-order valence-electron chi connectivity index (χ4n) is 3.13. The summed E-state index contributed by atoms with van der Waals surface area (Å²) in [6, 6.07) is 0. The second-order valence-corrected chi connectivity index (χ2v) is 6.90. The Morgan fingerprint density at radius 2 is 1.86 bits per heavy atom. The van der Waals surface area contributed by atoms with Crippen LogP contribution in [0.4, 0.5) is 0 Å². The summed E-state index contributed by atoms with van der Waals surface area (Å²) in [5.41, 5.74) is 0.782. The highest BCUT2D eigenvalue weighted by Crippen LogP contribution is 2.22. The Morgan fingerprint density at radius 3 is 2.69 bits per heavy atom. The van der Waals surface area contributed by atoms with Crippen molar-refractivity contribution in [1.82, 2.24) is 10.6 Å². The number of hydrogen-bond acceptors (Lipinski definition) is 4. The number of allylic oxidation sites excluding steroid dienone is 7. The molecule has 0 aromatic carbocycles. The molecule has 0 fully saturated rings. The summed E-state index contributed by atoms with van der Waals surface area (Å²) in [6.07, 6.45) is 22.1. The molecule has 0 aromatic rings. The van der Waals surface area contributed by atoms with E-state index in [1.165, 1.54) is 12.2 Å². The highest BCUT2D eigenvalue weighted by atomic mass is 16.2. The molecule has 0 saturated heterocycles. The molecule has 5 heteroatoms. The first-order chi connectivity index (χ1) is 14.1. The van der Waals surface area contributed by atoms with Gasteiger partial charge in [0.05, 0.1) is 11.4 Å². The largest absolute Gasteiger partial charge is 0.378 e. The molecule has 2 N–H and O–H groups in total. The van der Waals surface area contributed by atoms with Gasteiger partial charge in [0.1, 0.15) is 0 Å². The third kappa shape index (κ3) is 7.53. The number of nitrogens with one attached hydrogen (secondary N) is 2. The normalized spacial score (nSPS) is 23.0. The van der Waals surface area contributed by atoms with E-state index in [0.717, 1.165) is 38.5 Å². The van der Waals surface area contributed by atoms with E-state index in [-0.39, 0.29) is 17.3 Å². The zero-order valence-electron chi connectivity index (χ0n) is 16.8. The lowest BCUT2D eigenvalue weighted by Crippen LogP contribution is -2.34. The fraction of sp³-hybridized carbons (Fsp3) is 0.333. The van der Waals surface area contributed by atoms with Gasteiger partial charge in [-0.2, -0.15) is 0 Å². The number of carbonyl (C=O) groups is 3. The third-order valence-electron chi connectivity index (χ3n) is 4.61. The van der Waals surface area contributed by atoms with E-state index in [1.807, 2.05) is 6.08 Å². The van der Waals surface area contributed by atoms with Crippen LogP contribution in [0.1, 0.15) is 44.9 Å². The first-order valence-corrected chi connectivity index (χ1v) is 10.1. The summed E-state index contributed by atoms with van der Waals surface area (Å²) in [5, 5.41) is 5.54. The molecule has 0 unspecified atom stereocenters. The number of carbonyl (C=O) groups excluding carboxylic acids is 3. The minimum Gasteiger partial charge on any atom is -0.378 e. The summed E-state index contributed by atoms with van der Waals surface area (Å²) >= 11 is 0. The molecule has 1 aliphatic heterocycles. The molecule has 0 saturated carbocycles. The van der Waals surface area contributed by atoms with Gasteiger partial charge < -0.3 is 10.6 Å². The summed E-state index contributed by atoms with van der Waals surface area (Å²) in [5.74, 6) is -1.04. The average Bonchev–Trinajstić information content (AvgIpc) is 2.70. The zero-order valence-corrected chi connectivity index (χ0v) is 16.8. The van der Waals surface area contributed by atoms with Crippen LogP contribution in [0.15, 0.2) is 72.2 Å². The summed E-state index contributed by atoms with van der Waals surface area (Å²) in [7, 11) is 0. The summed E-state index contributed by atoms with van der Waals surface area (Å²) < 4.78 is 0.